The minimum absolute atomic E-state index is 0.171. The van der Waals surface area contributed by atoms with E-state index in [-0.39, 0.29) is 16.7 Å². The Morgan fingerprint density at radius 1 is 1.23 bits per heavy atom. The summed E-state index contributed by atoms with van der Waals surface area (Å²) in [5, 5.41) is 5.04. The molecule has 1 amide bonds. The van der Waals surface area contributed by atoms with Crippen LogP contribution in [0.1, 0.15) is 27.6 Å². The molecule has 1 aromatic carbocycles. The number of hydrogen-bond donors (Lipinski definition) is 1. The first-order valence-electron chi connectivity index (χ1n) is 7.72. The van der Waals surface area contributed by atoms with Crippen LogP contribution in [0.5, 0.6) is 5.75 Å². The SMILES string of the molecule is CCOc1cccc2cc(C(=O)Nc3sccc3C(=O)OC)c(=O)oc12. The van der Waals surface area contributed by atoms with Gasteiger partial charge in [0.15, 0.2) is 11.3 Å². The Morgan fingerprint density at radius 3 is 2.77 bits per heavy atom. The monoisotopic (exact) mass is 373 g/mol. The Kier molecular flexibility index (Phi) is 5.04. The maximum absolute atomic E-state index is 12.5. The number of hydrogen-bond acceptors (Lipinski definition) is 7. The zero-order valence-corrected chi connectivity index (χ0v) is 14.8. The smallest absolute Gasteiger partial charge is 0.349 e. The van der Waals surface area contributed by atoms with Crippen LogP contribution in [0.15, 0.2) is 44.9 Å². The Morgan fingerprint density at radius 2 is 2.04 bits per heavy atom. The molecule has 0 aliphatic heterocycles. The molecule has 0 unspecified atom stereocenters. The van der Waals surface area contributed by atoms with Crippen molar-refractivity contribution in [1.29, 1.82) is 0 Å². The van der Waals surface area contributed by atoms with Crippen LogP contribution >= 0.6 is 11.3 Å². The minimum Gasteiger partial charge on any atom is -0.490 e. The van der Waals surface area contributed by atoms with Crippen LogP contribution < -0.4 is 15.7 Å². The molecule has 7 nitrogen and oxygen atoms in total. The maximum Gasteiger partial charge on any atom is 0.349 e. The Bertz CT molecular complexity index is 1040. The molecular formula is C18H15NO6S. The maximum atomic E-state index is 12.5. The van der Waals surface area contributed by atoms with E-state index in [4.69, 9.17) is 9.15 Å². The molecule has 3 aromatic rings. The van der Waals surface area contributed by atoms with E-state index in [9.17, 15) is 14.4 Å². The summed E-state index contributed by atoms with van der Waals surface area (Å²) >= 11 is 1.15. The van der Waals surface area contributed by atoms with Crippen molar-refractivity contribution in [1.82, 2.24) is 0 Å². The van der Waals surface area contributed by atoms with Crippen molar-refractivity contribution in [2.45, 2.75) is 6.92 Å². The minimum atomic E-state index is -0.793. The molecule has 2 heterocycles. The second kappa shape index (κ2) is 7.40. The molecule has 2 aromatic heterocycles. The van der Waals surface area contributed by atoms with E-state index in [0.29, 0.717) is 22.7 Å². The van der Waals surface area contributed by atoms with E-state index >= 15 is 0 Å². The predicted octanol–water partition coefficient (Wildman–Crippen LogP) is 3.29. The van der Waals surface area contributed by atoms with Gasteiger partial charge in [0.2, 0.25) is 0 Å². The third-order valence-corrected chi connectivity index (χ3v) is 4.40. The summed E-state index contributed by atoms with van der Waals surface area (Å²) in [4.78, 5) is 36.5. The van der Waals surface area contributed by atoms with Gasteiger partial charge in [-0.15, -0.1) is 11.3 Å². The number of fused-ring (bicyclic) bond motifs is 1. The number of methoxy groups -OCH3 is 1. The van der Waals surface area contributed by atoms with Gasteiger partial charge in [-0.25, -0.2) is 9.59 Å². The zero-order valence-electron chi connectivity index (χ0n) is 14.0. The van der Waals surface area contributed by atoms with Crippen molar-refractivity contribution in [3.8, 4) is 5.75 Å². The van der Waals surface area contributed by atoms with Crippen LogP contribution in [0, 0.1) is 0 Å². The van der Waals surface area contributed by atoms with Crippen LogP contribution in [-0.2, 0) is 4.74 Å². The number of rotatable bonds is 5. The molecular weight excluding hydrogens is 358 g/mol. The second-order valence-electron chi connectivity index (χ2n) is 5.16. The molecule has 0 saturated carbocycles. The van der Waals surface area contributed by atoms with Crippen LogP contribution in [-0.4, -0.2) is 25.6 Å². The van der Waals surface area contributed by atoms with Crippen LogP contribution in [0.3, 0.4) is 0 Å². The summed E-state index contributed by atoms with van der Waals surface area (Å²) in [6.45, 7) is 2.23. The fraction of sp³-hybridized carbons (Fsp3) is 0.167. The van der Waals surface area contributed by atoms with Gasteiger partial charge in [0.05, 0.1) is 19.3 Å². The first-order chi connectivity index (χ1) is 12.5. The largest absolute Gasteiger partial charge is 0.490 e. The van der Waals surface area contributed by atoms with Gasteiger partial charge < -0.3 is 19.2 Å². The topological polar surface area (TPSA) is 94.8 Å². The van der Waals surface area contributed by atoms with Crippen molar-refractivity contribution in [2.24, 2.45) is 0 Å². The van der Waals surface area contributed by atoms with Gasteiger partial charge in [0.1, 0.15) is 10.6 Å². The lowest BCUT2D eigenvalue weighted by Gasteiger charge is -2.08. The lowest BCUT2D eigenvalue weighted by atomic mass is 10.1. The molecule has 0 bridgehead atoms. The van der Waals surface area contributed by atoms with Crippen molar-refractivity contribution in [3.63, 3.8) is 0 Å². The van der Waals surface area contributed by atoms with Gasteiger partial charge in [-0.3, -0.25) is 4.79 Å². The summed E-state index contributed by atoms with van der Waals surface area (Å²) < 4.78 is 15.4. The van der Waals surface area contributed by atoms with Crippen LogP contribution in [0.25, 0.3) is 11.0 Å². The van der Waals surface area contributed by atoms with Gasteiger partial charge in [-0.2, -0.15) is 0 Å². The van der Waals surface area contributed by atoms with Crippen LogP contribution in [0.4, 0.5) is 5.00 Å². The van der Waals surface area contributed by atoms with E-state index in [1.807, 2.05) is 6.92 Å². The molecule has 8 heteroatoms. The summed E-state index contributed by atoms with van der Waals surface area (Å²) in [5.41, 5.74) is -0.467. The zero-order chi connectivity index (χ0) is 18.7. The van der Waals surface area contributed by atoms with Gasteiger partial charge in [0, 0.05) is 5.39 Å². The van der Waals surface area contributed by atoms with Gasteiger partial charge in [0.25, 0.3) is 5.91 Å². The number of nitrogens with one attached hydrogen (secondary N) is 1. The van der Waals surface area contributed by atoms with Gasteiger partial charge in [-0.1, -0.05) is 12.1 Å². The summed E-state index contributed by atoms with van der Waals surface area (Å²) in [5.74, 6) is -0.816. The van der Waals surface area contributed by atoms with E-state index in [2.05, 4.69) is 10.1 Å². The highest BCUT2D eigenvalue weighted by atomic mass is 32.1. The normalized spacial score (nSPS) is 10.5. The standard InChI is InChI=1S/C18H15NO6S/c1-3-24-13-6-4-5-10-9-12(18(22)25-14(10)13)15(20)19-16-11(7-8-26-16)17(21)23-2/h4-9H,3H2,1-2H3,(H,19,20). The van der Waals surface area contributed by atoms with E-state index in [1.165, 1.54) is 19.2 Å². The number of thiophene rings is 1. The van der Waals surface area contributed by atoms with Crippen LogP contribution in [0.2, 0.25) is 0 Å². The molecule has 0 atom stereocenters. The Labute approximate surface area is 152 Å². The summed E-state index contributed by atoms with van der Waals surface area (Å²) in [6.07, 6.45) is 0. The molecule has 0 saturated heterocycles. The molecule has 0 spiro atoms. The predicted molar refractivity (Wildman–Crippen MR) is 97.3 cm³/mol. The molecule has 0 aliphatic rings. The average molecular weight is 373 g/mol. The highest BCUT2D eigenvalue weighted by molar-refractivity contribution is 7.14. The van der Waals surface area contributed by atoms with Gasteiger partial charge >= 0.3 is 11.6 Å². The number of carbonyl (C=O) groups excluding carboxylic acids is 2. The highest BCUT2D eigenvalue weighted by Gasteiger charge is 2.20. The van der Waals surface area contributed by atoms with Crippen molar-refractivity contribution in [2.75, 3.05) is 19.0 Å². The third kappa shape index (κ3) is 3.31. The summed E-state index contributed by atoms with van der Waals surface area (Å²) in [7, 11) is 1.25. The number of carbonyl (C=O) groups is 2. The molecule has 134 valence electrons. The van der Waals surface area contributed by atoms with E-state index in [0.717, 1.165) is 11.3 Å². The average Bonchev–Trinajstić information content (AvgIpc) is 3.09. The van der Waals surface area contributed by atoms with Crippen molar-refractivity contribution < 1.29 is 23.5 Å². The number of anilines is 1. The molecule has 0 aliphatic carbocycles. The number of benzene rings is 1. The number of para-hydroxylation sites is 1. The molecule has 1 N–H and O–H groups in total. The molecule has 26 heavy (non-hydrogen) atoms. The van der Waals surface area contributed by atoms with Crippen molar-refractivity contribution >= 4 is 39.2 Å². The highest BCUT2D eigenvalue weighted by Crippen LogP contribution is 2.27. The molecule has 3 rings (SSSR count). The number of amides is 1. The number of ether oxygens (including phenoxy) is 2. The van der Waals surface area contributed by atoms with E-state index in [1.54, 1.807) is 23.6 Å². The first-order valence-corrected chi connectivity index (χ1v) is 8.60. The van der Waals surface area contributed by atoms with E-state index < -0.39 is 17.5 Å². The quantitative estimate of drug-likeness (QED) is 0.545. The second-order valence-corrected chi connectivity index (χ2v) is 6.08. The lowest BCUT2D eigenvalue weighted by molar-refractivity contribution is 0.0602. The lowest BCUT2D eigenvalue weighted by Crippen LogP contribution is -2.21. The molecule has 0 fully saturated rings. The number of esters is 1. The fourth-order valence-corrected chi connectivity index (χ4v) is 3.16. The first kappa shape index (κ1) is 17.7. The van der Waals surface area contributed by atoms with Crippen molar-refractivity contribution in [3.05, 3.63) is 57.3 Å². The summed E-state index contributed by atoms with van der Waals surface area (Å²) in [6, 6.07) is 8.10. The van der Waals surface area contributed by atoms with Gasteiger partial charge in [-0.05, 0) is 30.5 Å². The Balaban J connectivity index is 1.97. The third-order valence-electron chi connectivity index (χ3n) is 3.57. The fourth-order valence-electron chi connectivity index (χ4n) is 2.39. The Hall–Kier alpha value is -3.13. The molecule has 0 radical (unpaired) electrons.